The lowest BCUT2D eigenvalue weighted by Crippen LogP contribution is -2.49. The van der Waals surface area contributed by atoms with Crippen molar-refractivity contribution >= 4 is 23.6 Å². The Morgan fingerprint density at radius 2 is 1.79 bits per heavy atom. The number of anilines is 2. The van der Waals surface area contributed by atoms with E-state index < -0.39 is 0 Å². The van der Waals surface area contributed by atoms with Crippen molar-refractivity contribution in [2.45, 2.75) is 27.2 Å². The van der Waals surface area contributed by atoms with E-state index in [0.717, 1.165) is 23.2 Å². The van der Waals surface area contributed by atoms with Crippen LogP contribution in [0, 0.1) is 6.92 Å². The molecule has 1 saturated heterocycles. The first-order valence-electron chi connectivity index (χ1n) is 9.92. The van der Waals surface area contributed by atoms with E-state index in [1.165, 1.54) is 0 Å². The molecule has 8 nitrogen and oxygen atoms in total. The number of ether oxygens (including phenoxy) is 1. The largest absolute Gasteiger partial charge is 0.450 e. The van der Waals surface area contributed by atoms with Crippen LogP contribution in [0.4, 0.5) is 16.4 Å². The number of benzene rings is 1. The quantitative estimate of drug-likeness (QED) is 0.835. The Morgan fingerprint density at radius 1 is 1.10 bits per heavy atom. The summed E-state index contributed by atoms with van der Waals surface area (Å²) in [5.41, 5.74) is 3.37. The molecule has 0 unspecified atom stereocenters. The Morgan fingerprint density at radius 3 is 2.41 bits per heavy atom. The lowest BCUT2D eigenvalue weighted by Gasteiger charge is -2.33. The van der Waals surface area contributed by atoms with Crippen LogP contribution in [0.2, 0.25) is 0 Å². The molecule has 1 aliphatic rings. The van der Waals surface area contributed by atoms with E-state index in [2.05, 4.69) is 22.2 Å². The number of nitrogens with one attached hydrogen (secondary N) is 1. The summed E-state index contributed by atoms with van der Waals surface area (Å²) in [7, 11) is 0. The average Bonchev–Trinajstić information content (AvgIpc) is 2.75. The first-order valence-corrected chi connectivity index (χ1v) is 9.92. The number of nitrogens with zero attached hydrogens (tertiary/aromatic N) is 4. The standard InChI is InChI=1S/C21H27N5O3/c1-4-16-8-6-7-15(3)18(16)24-19(27)17-13-22-20(23-14-17)25-9-11-26(12-10-25)21(28)29-5-2/h6-8,13-14H,4-5,9-12H2,1-3H3,(H,24,27). The van der Waals surface area contributed by atoms with Crippen LogP contribution in [0.15, 0.2) is 30.6 Å². The van der Waals surface area contributed by atoms with Crippen molar-refractivity contribution in [3.63, 3.8) is 0 Å². The molecule has 1 aromatic heterocycles. The maximum atomic E-state index is 12.6. The molecule has 1 aromatic carbocycles. The van der Waals surface area contributed by atoms with Gasteiger partial charge in [-0.05, 0) is 31.4 Å². The number of carbonyl (C=O) groups excluding carboxylic acids is 2. The molecule has 3 rings (SSSR count). The minimum absolute atomic E-state index is 0.229. The second-order valence-electron chi connectivity index (χ2n) is 6.86. The van der Waals surface area contributed by atoms with Gasteiger partial charge in [0.2, 0.25) is 5.95 Å². The molecular formula is C21H27N5O3. The van der Waals surface area contributed by atoms with Gasteiger partial charge in [0.15, 0.2) is 0 Å². The number of aryl methyl sites for hydroxylation is 2. The molecule has 1 N–H and O–H groups in total. The van der Waals surface area contributed by atoms with E-state index in [-0.39, 0.29) is 12.0 Å². The Labute approximate surface area is 170 Å². The molecule has 0 aliphatic carbocycles. The summed E-state index contributed by atoms with van der Waals surface area (Å²) in [6.45, 7) is 8.54. The van der Waals surface area contributed by atoms with Gasteiger partial charge in [0.1, 0.15) is 0 Å². The normalized spacial score (nSPS) is 13.9. The summed E-state index contributed by atoms with van der Waals surface area (Å²) in [4.78, 5) is 36.8. The summed E-state index contributed by atoms with van der Waals surface area (Å²) in [6, 6.07) is 5.98. The molecule has 154 valence electrons. The number of hydrogen-bond acceptors (Lipinski definition) is 6. The SMILES string of the molecule is CCOC(=O)N1CCN(c2ncc(C(=O)Nc3c(C)cccc3CC)cn2)CC1. The molecule has 0 bridgehead atoms. The molecule has 0 spiro atoms. The van der Waals surface area contributed by atoms with Gasteiger partial charge in [-0.25, -0.2) is 14.8 Å². The maximum Gasteiger partial charge on any atom is 0.409 e. The van der Waals surface area contributed by atoms with E-state index in [1.807, 2.05) is 30.0 Å². The zero-order valence-corrected chi connectivity index (χ0v) is 17.1. The second kappa shape index (κ2) is 9.36. The highest BCUT2D eigenvalue weighted by Gasteiger charge is 2.23. The first kappa shape index (κ1) is 20.6. The van der Waals surface area contributed by atoms with Gasteiger partial charge in [-0.3, -0.25) is 4.79 Å². The molecule has 8 heteroatoms. The molecule has 0 saturated carbocycles. The van der Waals surface area contributed by atoms with Crippen LogP contribution in [0.1, 0.15) is 35.3 Å². The van der Waals surface area contributed by atoms with E-state index >= 15 is 0 Å². The van der Waals surface area contributed by atoms with Gasteiger partial charge in [0.25, 0.3) is 5.91 Å². The zero-order valence-electron chi connectivity index (χ0n) is 17.1. The third-order valence-electron chi connectivity index (χ3n) is 4.97. The number of para-hydroxylation sites is 1. The van der Waals surface area contributed by atoms with Crippen LogP contribution in [-0.2, 0) is 11.2 Å². The molecule has 0 atom stereocenters. The Hall–Kier alpha value is -3.16. The first-order chi connectivity index (χ1) is 14.0. The van der Waals surface area contributed by atoms with Gasteiger partial charge in [-0.1, -0.05) is 25.1 Å². The van der Waals surface area contributed by atoms with Crippen LogP contribution in [-0.4, -0.2) is 59.7 Å². The number of aromatic nitrogens is 2. The lowest BCUT2D eigenvalue weighted by molar-refractivity contribution is 0.102. The fourth-order valence-corrected chi connectivity index (χ4v) is 3.29. The second-order valence-corrected chi connectivity index (χ2v) is 6.86. The molecule has 29 heavy (non-hydrogen) atoms. The maximum absolute atomic E-state index is 12.6. The van der Waals surface area contributed by atoms with Crippen molar-refractivity contribution in [2.75, 3.05) is 43.0 Å². The fourth-order valence-electron chi connectivity index (χ4n) is 3.29. The molecular weight excluding hydrogens is 370 g/mol. The lowest BCUT2D eigenvalue weighted by atomic mass is 10.1. The van der Waals surface area contributed by atoms with Crippen LogP contribution in [0.25, 0.3) is 0 Å². The molecule has 2 amide bonds. The van der Waals surface area contributed by atoms with E-state index in [4.69, 9.17) is 4.74 Å². The smallest absolute Gasteiger partial charge is 0.409 e. The number of hydrogen-bond donors (Lipinski definition) is 1. The minimum atomic E-state index is -0.289. The van der Waals surface area contributed by atoms with Crippen molar-refractivity contribution in [3.05, 3.63) is 47.3 Å². The monoisotopic (exact) mass is 397 g/mol. The summed E-state index contributed by atoms with van der Waals surface area (Å²) in [6.07, 6.45) is 3.63. The van der Waals surface area contributed by atoms with Crippen molar-refractivity contribution in [3.8, 4) is 0 Å². The van der Waals surface area contributed by atoms with Crippen LogP contribution in [0.3, 0.4) is 0 Å². The highest BCUT2D eigenvalue weighted by molar-refractivity contribution is 6.04. The Bertz CT molecular complexity index is 861. The van der Waals surface area contributed by atoms with Gasteiger partial charge >= 0.3 is 6.09 Å². The Balaban J connectivity index is 1.62. The van der Waals surface area contributed by atoms with Gasteiger partial charge < -0.3 is 19.9 Å². The highest BCUT2D eigenvalue weighted by atomic mass is 16.6. The van der Waals surface area contributed by atoms with E-state index in [0.29, 0.717) is 44.3 Å². The predicted molar refractivity (Wildman–Crippen MR) is 111 cm³/mol. The predicted octanol–water partition coefficient (Wildman–Crippen LogP) is 2.88. The molecule has 2 heterocycles. The third-order valence-corrected chi connectivity index (χ3v) is 4.97. The minimum Gasteiger partial charge on any atom is -0.450 e. The van der Waals surface area contributed by atoms with Gasteiger partial charge in [-0.2, -0.15) is 0 Å². The van der Waals surface area contributed by atoms with Crippen LogP contribution < -0.4 is 10.2 Å². The summed E-state index contributed by atoms with van der Waals surface area (Å²) in [5, 5.41) is 2.98. The summed E-state index contributed by atoms with van der Waals surface area (Å²) in [5.74, 6) is 0.322. The van der Waals surface area contributed by atoms with Crippen LogP contribution >= 0.6 is 0 Å². The van der Waals surface area contributed by atoms with Gasteiger partial charge in [0, 0.05) is 44.3 Å². The van der Waals surface area contributed by atoms with Gasteiger partial charge in [0.05, 0.1) is 12.2 Å². The van der Waals surface area contributed by atoms with Crippen molar-refractivity contribution in [1.29, 1.82) is 0 Å². The topological polar surface area (TPSA) is 87.7 Å². The summed E-state index contributed by atoms with van der Waals surface area (Å²) >= 11 is 0. The van der Waals surface area contributed by atoms with E-state index in [9.17, 15) is 9.59 Å². The molecule has 1 fully saturated rings. The van der Waals surface area contributed by atoms with Crippen LogP contribution in [0.5, 0.6) is 0 Å². The zero-order chi connectivity index (χ0) is 20.8. The number of amides is 2. The van der Waals surface area contributed by atoms with Crippen molar-refractivity contribution in [1.82, 2.24) is 14.9 Å². The highest BCUT2D eigenvalue weighted by Crippen LogP contribution is 2.22. The average molecular weight is 397 g/mol. The Kier molecular flexibility index (Phi) is 6.64. The fraction of sp³-hybridized carbons (Fsp3) is 0.429. The molecule has 0 radical (unpaired) electrons. The molecule has 1 aliphatic heterocycles. The number of rotatable bonds is 5. The summed E-state index contributed by atoms with van der Waals surface area (Å²) < 4.78 is 5.03. The van der Waals surface area contributed by atoms with Gasteiger partial charge in [-0.15, -0.1) is 0 Å². The van der Waals surface area contributed by atoms with Crippen molar-refractivity contribution < 1.29 is 14.3 Å². The third kappa shape index (κ3) is 4.82. The van der Waals surface area contributed by atoms with E-state index in [1.54, 1.807) is 24.2 Å². The number of carbonyl (C=O) groups is 2. The molecule has 2 aromatic rings. The van der Waals surface area contributed by atoms with Crippen molar-refractivity contribution in [2.24, 2.45) is 0 Å². The number of piperazine rings is 1.